The highest BCUT2D eigenvalue weighted by Gasteiger charge is 2.19. The van der Waals surface area contributed by atoms with Gasteiger partial charge >= 0.3 is 0 Å². The average molecular weight is 397 g/mol. The summed E-state index contributed by atoms with van der Waals surface area (Å²) in [6, 6.07) is 8.97. The van der Waals surface area contributed by atoms with E-state index in [-0.39, 0.29) is 21.9 Å². The normalized spacial score (nSPS) is 11.6. The van der Waals surface area contributed by atoms with Crippen molar-refractivity contribution in [1.29, 1.82) is 0 Å². The molecule has 0 unspecified atom stereocenters. The van der Waals surface area contributed by atoms with Crippen LogP contribution in [0.3, 0.4) is 0 Å². The lowest BCUT2D eigenvalue weighted by Crippen LogP contribution is -2.23. The lowest BCUT2D eigenvalue weighted by Gasteiger charge is -2.08. The second kappa shape index (κ2) is 6.89. The summed E-state index contributed by atoms with van der Waals surface area (Å²) in [6.07, 6.45) is 4.36. The van der Waals surface area contributed by atoms with Gasteiger partial charge in [-0.25, -0.2) is 18.1 Å². The van der Waals surface area contributed by atoms with E-state index in [2.05, 4.69) is 20.3 Å². The Morgan fingerprint density at radius 3 is 2.61 bits per heavy atom. The summed E-state index contributed by atoms with van der Waals surface area (Å²) in [4.78, 5) is 16.7. The minimum absolute atomic E-state index is 0.0347. The molecule has 3 heterocycles. The van der Waals surface area contributed by atoms with Crippen molar-refractivity contribution in [2.45, 2.75) is 16.3 Å². The number of nitrogens with zero attached hydrogens (tertiary/aromatic N) is 4. The van der Waals surface area contributed by atoms with Crippen LogP contribution in [0, 0.1) is 0 Å². The van der Waals surface area contributed by atoms with Crippen LogP contribution in [0.2, 0.25) is 0 Å². The molecule has 1 N–H and O–H groups in total. The minimum Gasteiger partial charge on any atom is -0.481 e. The fourth-order valence-corrected chi connectivity index (χ4v) is 4.00. The molecule has 1 aromatic carbocycles. The first-order valence-electron chi connectivity index (χ1n) is 8.23. The van der Waals surface area contributed by atoms with Gasteiger partial charge in [0.25, 0.3) is 5.56 Å². The SMILES string of the molecule is COc1ccc(S(=O)(=O)c2ccc3c(=O)n(Cc4cc[nH]n4)ncc3c2)cn1. The zero-order chi connectivity index (χ0) is 19.7. The van der Waals surface area contributed by atoms with E-state index < -0.39 is 9.84 Å². The number of ether oxygens (including phenoxy) is 1. The molecular weight excluding hydrogens is 382 g/mol. The number of sulfone groups is 1. The highest BCUT2D eigenvalue weighted by atomic mass is 32.2. The van der Waals surface area contributed by atoms with Crippen molar-refractivity contribution in [2.75, 3.05) is 7.11 Å². The van der Waals surface area contributed by atoms with Crippen molar-refractivity contribution < 1.29 is 13.2 Å². The summed E-state index contributed by atoms with van der Waals surface area (Å²) < 4.78 is 31.9. The second-order valence-corrected chi connectivity index (χ2v) is 7.91. The minimum atomic E-state index is -3.79. The van der Waals surface area contributed by atoms with Crippen molar-refractivity contribution in [3.63, 3.8) is 0 Å². The van der Waals surface area contributed by atoms with Gasteiger partial charge in [0, 0.05) is 23.8 Å². The molecule has 28 heavy (non-hydrogen) atoms. The maximum atomic E-state index is 12.8. The molecule has 0 radical (unpaired) electrons. The maximum absolute atomic E-state index is 12.8. The number of hydrogen-bond acceptors (Lipinski definition) is 7. The van der Waals surface area contributed by atoms with Crippen molar-refractivity contribution in [3.05, 3.63) is 71.0 Å². The number of H-pyrrole nitrogens is 1. The monoisotopic (exact) mass is 397 g/mol. The van der Waals surface area contributed by atoms with E-state index in [4.69, 9.17) is 4.74 Å². The van der Waals surface area contributed by atoms with Crippen molar-refractivity contribution >= 4 is 20.6 Å². The highest BCUT2D eigenvalue weighted by molar-refractivity contribution is 7.91. The van der Waals surface area contributed by atoms with Crippen LogP contribution in [0.1, 0.15) is 5.69 Å². The molecule has 0 bridgehead atoms. The number of methoxy groups -OCH3 is 1. The molecule has 0 fully saturated rings. The van der Waals surface area contributed by atoms with Crippen LogP contribution in [0.25, 0.3) is 10.8 Å². The lowest BCUT2D eigenvalue weighted by molar-refractivity contribution is 0.397. The summed E-state index contributed by atoms with van der Waals surface area (Å²) >= 11 is 0. The summed E-state index contributed by atoms with van der Waals surface area (Å²) in [7, 11) is -2.34. The van der Waals surface area contributed by atoms with Crippen LogP contribution < -0.4 is 10.3 Å². The predicted octanol–water partition coefficient (Wildman–Crippen LogP) is 1.40. The zero-order valence-corrected chi connectivity index (χ0v) is 15.5. The second-order valence-electron chi connectivity index (χ2n) is 5.96. The summed E-state index contributed by atoms with van der Waals surface area (Å²) in [5, 5.41) is 11.6. The maximum Gasteiger partial charge on any atom is 0.274 e. The molecule has 0 aliphatic carbocycles. The van der Waals surface area contributed by atoms with Gasteiger partial charge in [0.05, 0.1) is 40.7 Å². The fourth-order valence-electron chi connectivity index (χ4n) is 2.76. The molecule has 0 saturated heterocycles. The quantitative estimate of drug-likeness (QED) is 0.540. The van der Waals surface area contributed by atoms with E-state index in [0.29, 0.717) is 22.3 Å². The molecule has 0 aliphatic heterocycles. The molecule has 142 valence electrons. The number of rotatable bonds is 5. The van der Waals surface area contributed by atoms with Gasteiger partial charge < -0.3 is 4.74 Å². The molecule has 4 rings (SSSR count). The van der Waals surface area contributed by atoms with E-state index in [1.54, 1.807) is 12.3 Å². The van der Waals surface area contributed by atoms with E-state index in [1.807, 2.05) is 0 Å². The Labute approximate surface area is 159 Å². The third-order valence-electron chi connectivity index (χ3n) is 4.23. The van der Waals surface area contributed by atoms with Crippen molar-refractivity contribution in [1.82, 2.24) is 25.0 Å². The number of benzene rings is 1. The van der Waals surface area contributed by atoms with Gasteiger partial charge in [-0.3, -0.25) is 9.89 Å². The Hall–Kier alpha value is -3.53. The summed E-state index contributed by atoms with van der Waals surface area (Å²) in [5.74, 6) is 0.319. The van der Waals surface area contributed by atoms with E-state index in [1.165, 1.54) is 54.5 Å². The van der Waals surface area contributed by atoms with Crippen LogP contribution in [-0.2, 0) is 16.4 Å². The van der Waals surface area contributed by atoms with E-state index in [9.17, 15) is 13.2 Å². The molecule has 4 aromatic rings. The first-order valence-corrected chi connectivity index (χ1v) is 9.71. The third-order valence-corrected chi connectivity index (χ3v) is 5.97. The fraction of sp³-hybridized carbons (Fsp3) is 0.111. The standard InChI is InChI=1S/C18H15N5O4S/c1-27-17-5-3-15(10-19-17)28(25,26)14-2-4-16-12(8-14)9-21-23(18(16)24)11-13-6-7-20-22-13/h2-10H,11H2,1H3,(H,20,22). The van der Waals surface area contributed by atoms with Crippen LogP contribution in [0.4, 0.5) is 0 Å². The Morgan fingerprint density at radius 1 is 1.11 bits per heavy atom. The Morgan fingerprint density at radius 2 is 1.93 bits per heavy atom. The molecule has 0 atom stereocenters. The van der Waals surface area contributed by atoms with Crippen molar-refractivity contribution in [2.24, 2.45) is 0 Å². The Kier molecular flexibility index (Phi) is 4.40. The third kappa shape index (κ3) is 3.14. The number of hydrogen-bond donors (Lipinski definition) is 1. The van der Waals surface area contributed by atoms with Gasteiger partial charge in [-0.1, -0.05) is 0 Å². The first-order chi connectivity index (χ1) is 13.5. The summed E-state index contributed by atoms with van der Waals surface area (Å²) in [6.45, 7) is 0.218. The number of nitrogens with one attached hydrogen (secondary N) is 1. The molecule has 0 spiro atoms. The van der Waals surface area contributed by atoms with Crippen LogP contribution in [0.5, 0.6) is 5.88 Å². The van der Waals surface area contributed by atoms with Crippen molar-refractivity contribution in [3.8, 4) is 5.88 Å². The lowest BCUT2D eigenvalue weighted by atomic mass is 10.2. The molecule has 9 nitrogen and oxygen atoms in total. The van der Waals surface area contributed by atoms with Gasteiger partial charge in [-0.2, -0.15) is 10.2 Å². The van der Waals surface area contributed by atoms with Gasteiger partial charge in [0.2, 0.25) is 15.7 Å². The molecule has 10 heteroatoms. The summed E-state index contributed by atoms with van der Waals surface area (Å²) in [5.41, 5.74) is 0.343. The van der Waals surface area contributed by atoms with Gasteiger partial charge in [0.15, 0.2) is 0 Å². The number of aromatic nitrogens is 5. The van der Waals surface area contributed by atoms with E-state index >= 15 is 0 Å². The molecule has 3 aromatic heterocycles. The molecule has 0 aliphatic rings. The van der Waals surface area contributed by atoms with Gasteiger partial charge in [-0.15, -0.1) is 0 Å². The largest absolute Gasteiger partial charge is 0.481 e. The highest BCUT2D eigenvalue weighted by Crippen LogP contribution is 2.24. The molecular formula is C18H15N5O4S. The number of aromatic amines is 1. The first kappa shape index (κ1) is 17.9. The Bertz CT molecular complexity index is 1300. The number of pyridine rings is 1. The van der Waals surface area contributed by atoms with Crippen LogP contribution >= 0.6 is 0 Å². The topological polar surface area (TPSA) is 120 Å². The molecule has 0 saturated carbocycles. The Balaban J connectivity index is 1.74. The zero-order valence-electron chi connectivity index (χ0n) is 14.7. The van der Waals surface area contributed by atoms with E-state index in [0.717, 1.165) is 0 Å². The smallest absolute Gasteiger partial charge is 0.274 e. The van der Waals surface area contributed by atoms with Crippen LogP contribution in [0.15, 0.2) is 69.6 Å². The predicted molar refractivity (Wildman–Crippen MR) is 99.9 cm³/mol. The van der Waals surface area contributed by atoms with Crippen LogP contribution in [-0.4, -0.2) is 40.5 Å². The van der Waals surface area contributed by atoms with Gasteiger partial charge in [-0.05, 0) is 30.3 Å². The average Bonchev–Trinajstić information content (AvgIpc) is 3.23. The van der Waals surface area contributed by atoms with Gasteiger partial charge in [0.1, 0.15) is 0 Å². The number of fused-ring (bicyclic) bond motifs is 1. The molecule has 0 amide bonds.